The van der Waals surface area contributed by atoms with Crippen molar-refractivity contribution in [3.63, 3.8) is 0 Å². The Morgan fingerprint density at radius 2 is 2.13 bits per heavy atom. The summed E-state index contributed by atoms with van der Waals surface area (Å²) in [5.41, 5.74) is 5.67. The number of hydrogen-bond donors (Lipinski definition) is 2. The van der Waals surface area contributed by atoms with Gasteiger partial charge in [0.1, 0.15) is 0 Å². The first-order valence-electron chi connectivity index (χ1n) is 5.84. The number of amides is 1. The van der Waals surface area contributed by atoms with Gasteiger partial charge in [0.25, 0.3) is 0 Å². The third-order valence-corrected chi connectivity index (χ3v) is 4.01. The van der Waals surface area contributed by atoms with Crippen molar-refractivity contribution in [2.24, 2.45) is 22.5 Å². The minimum Gasteiger partial charge on any atom is -0.355 e. The van der Waals surface area contributed by atoms with E-state index in [4.69, 9.17) is 5.73 Å². The molecule has 0 heterocycles. The fourth-order valence-electron chi connectivity index (χ4n) is 1.75. The van der Waals surface area contributed by atoms with Crippen LogP contribution in [0, 0.1) is 16.7 Å². The second-order valence-corrected chi connectivity index (χ2v) is 5.72. The molecule has 1 aliphatic rings. The number of hydrogen-bond acceptors (Lipinski definition) is 2. The Labute approximate surface area is 92.8 Å². The van der Waals surface area contributed by atoms with E-state index < -0.39 is 0 Å². The van der Waals surface area contributed by atoms with Crippen LogP contribution < -0.4 is 11.1 Å². The molecule has 1 amide bonds. The van der Waals surface area contributed by atoms with Crippen LogP contribution in [0.4, 0.5) is 0 Å². The molecule has 0 aliphatic heterocycles. The lowest BCUT2D eigenvalue weighted by Crippen LogP contribution is -2.44. The molecule has 3 nitrogen and oxygen atoms in total. The minimum absolute atomic E-state index is 0.107. The summed E-state index contributed by atoms with van der Waals surface area (Å²) >= 11 is 0. The van der Waals surface area contributed by atoms with E-state index >= 15 is 0 Å². The summed E-state index contributed by atoms with van der Waals surface area (Å²) in [5.74, 6) is 0.760. The van der Waals surface area contributed by atoms with E-state index in [1.807, 2.05) is 13.8 Å². The quantitative estimate of drug-likeness (QED) is 0.726. The maximum atomic E-state index is 11.9. The van der Waals surface area contributed by atoms with Gasteiger partial charge in [-0.25, -0.2) is 0 Å². The number of carbonyl (C=O) groups is 1. The van der Waals surface area contributed by atoms with E-state index in [2.05, 4.69) is 19.2 Å². The Bertz CT molecular complexity index is 244. The van der Waals surface area contributed by atoms with Crippen molar-refractivity contribution in [3.8, 4) is 0 Å². The SMILES string of the molecule is CCC(C)(CN)C(=O)NCC1CC1(C)C. The largest absolute Gasteiger partial charge is 0.355 e. The van der Waals surface area contributed by atoms with E-state index in [0.717, 1.165) is 13.0 Å². The zero-order chi connectivity index (χ0) is 11.7. The van der Waals surface area contributed by atoms with Crippen molar-refractivity contribution in [1.82, 2.24) is 5.32 Å². The molecule has 88 valence electrons. The Balaban J connectivity index is 2.36. The molecule has 0 aromatic heterocycles. The summed E-state index contributed by atoms with van der Waals surface area (Å²) in [6.07, 6.45) is 2.02. The van der Waals surface area contributed by atoms with E-state index in [-0.39, 0.29) is 11.3 Å². The molecule has 3 N–H and O–H groups in total. The number of nitrogens with two attached hydrogens (primary N) is 1. The van der Waals surface area contributed by atoms with Gasteiger partial charge in [0.15, 0.2) is 0 Å². The Kier molecular flexibility index (Phi) is 3.44. The highest BCUT2D eigenvalue weighted by atomic mass is 16.2. The van der Waals surface area contributed by atoms with Gasteiger partial charge in [-0.3, -0.25) is 4.79 Å². The third-order valence-electron chi connectivity index (χ3n) is 4.01. The van der Waals surface area contributed by atoms with Crippen molar-refractivity contribution < 1.29 is 4.79 Å². The van der Waals surface area contributed by atoms with Gasteiger partial charge in [-0.15, -0.1) is 0 Å². The monoisotopic (exact) mass is 212 g/mol. The molecule has 0 radical (unpaired) electrons. The van der Waals surface area contributed by atoms with Gasteiger partial charge in [-0.1, -0.05) is 20.8 Å². The molecule has 0 spiro atoms. The van der Waals surface area contributed by atoms with Crippen molar-refractivity contribution >= 4 is 5.91 Å². The average molecular weight is 212 g/mol. The van der Waals surface area contributed by atoms with Gasteiger partial charge in [-0.2, -0.15) is 0 Å². The first kappa shape index (κ1) is 12.5. The highest BCUT2D eigenvalue weighted by Crippen LogP contribution is 2.51. The topological polar surface area (TPSA) is 55.1 Å². The Morgan fingerprint density at radius 3 is 2.47 bits per heavy atom. The predicted octanol–water partition coefficient (Wildman–Crippen LogP) is 1.52. The molecule has 15 heavy (non-hydrogen) atoms. The van der Waals surface area contributed by atoms with Gasteiger partial charge in [0.05, 0.1) is 5.41 Å². The Morgan fingerprint density at radius 1 is 1.60 bits per heavy atom. The second kappa shape index (κ2) is 4.12. The first-order chi connectivity index (χ1) is 6.85. The predicted molar refractivity (Wildman–Crippen MR) is 62.4 cm³/mol. The molecule has 1 saturated carbocycles. The van der Waals surface area contributed by atoms with Crippen LogP contribution in [0.5, 0.6) is 0 Å². The van der Waals surface area contributed by atoms with Gasteiger partial charge in [-0.05, 0) is 31.1 Å². The fraction of sp³-hybridized carbons (Fsp3) is 0.917. The van der Waals surface area contributed by atoms with E-state index in [1.165, 1.54) is 6.42 Å². The molecule has 0 aromatic rings. The van der Waals surface area contributed by atoms with Crippen LogP contribution in [-0.4, -0.2) is 19.0 Å². The zero-order valence-corrected chi connectivity index (χ0v) is 10.4. The molecule has 0 saturated heterocycles. The standard InChI is InChI=1S/C12H24N2O/c1-5-12(4,8-13)10(15)14-7-9-6-11(9,2)3/h9H,5-8,13H2,1-4H3,(H,14,15). The molecule has 2 unspecified atom stereocenters. The molecule has 0 aromatic carbocycles. The van der Waals surface area contributed by atoms with Crippen LogP contribution in [-0.2, 0) is 4.79 Å². The summed E-state index contributed by atoms with van der Waals surface area (Å²) in [6, 6.07) is 0. The van der Waals surface area contributed by atoms with Crippen LogP contribution >= 0.6 is 0 Å². The number of nitrogens with one attached hydrogen (secondary N) is 1. The zero-order valence-electron chi connectivity index (χ0n) is 10.4. The van der Waals surface area contributed by atoms with Gasteiger partial charge in [0.2, 0.25) is 5.91 Å². The maximum Gasteiger partial charge on any atom is 0.227 e. The highest BCUT2D eigenvalue weighted by molar-refractivity contribution is 5.82. The lowest BCUT2D eigenvalue weighted by atomic mass is 9.86. The van der Waals surface area contributed by atoms with Crippen LogP contribution in [0.1, 0.15) is 40.5 Å². The smallest absolute Gasteiger partial charge is 0.227 e. The highest BCUT2D eigenvalue weighted by Gasteiger charge is 2.45. The summed E-state index contributed by atoms with van der Waals surface area (Å²) in [6.45, 7) is 9.65. The lowest BCUT2D eigenvalue weighted by molar-refractivity contribution is -0.129. The normalized spacial score (nSPS) is 26.9. The summed E-state index contributed by atoms with van der Waals surface area (Å²) < 4.78 is 0. The van der Waals surface area contributed by atoms with Crippen LogP contribution in [0.3, 0.4) is 0 Å². The Hall–Kier alpha value is -0.570. The summed E-state index contributed by atoms with van der Waals surface area (Å²) in [4.78, 5) is 11.9. The molecule has 0 bridgehead atoms. The molecule has 1 rings (SSSR count). The number of rotatable bonds is 5. The fourth-order valence-corrected chi connectivity index (χ4v) is 1.75. The minimum atomic E-state index is -0.390. The van der Waals surface area contributed by atoms with E-state index in [9.17, 15) is 4.79 Å². The van der Waals surface area contributed by atoms with Crippen LogP contribution in [0.25, 0.3) is 0 Å². The van der Waals surface area contributed by atoms with Gasteiger partial charge >= 0.3 is 0 Å². The summed E-state index contributed by atoms with van der Waals surface area (Å²) in [5, 5.41) is 3.02. The molecule has 1 aliphatic carbocycles. The molecular formula is C12H24N2O. The van der Waals surface area contributed by atoms with Crippen molar-refractivity contribution in [2.75, 3.05) is 13.1 Å². The van der Waals surface area contributed by atoms with Crippen molar-refractivity contribution in [1.29, 1.82) is 0 Å². The van der Waals surface area contributed by atoms with Crippen LogP contribution in [0.15, 0.2) is 0 Å². The average Bonchev–Trinajstić information content (AvgIpc) is 2.81. The van der Waals surface area contributed by atoms with Crippen LogP contribution in [0.2, 0.25) is 0 Å². The molecule has 1 fully saturated rings. The molecule has 3 heteroatoms. The second-order valence-electron chi connectivity index (χ2n) is 5.72. The maximum absolute atomic E-state index is 11.9. The van der Waals surface area contributed by atoms with Crippen molar-refractivity contribution in [2.45, 2.75) is 40.5 Å². The first-order valence-corrected chi connectivity index (χ1v) is 5.84. The van der Waals surface area contributed by atoms with Gasteiger partial charge in [0, 0.05) is 13.1 Å². The van der Waals surface area contributed by atoms with Gasteiger partial charge < -0.3 is 11.1 Å². The van der Waals surface area contributed by atoms with Crippen molar-refractivity contribution in [3.05, 3.63) is 0 Å². The third kappa shape index (κ3) is 2.71. The van der Waals surface area contributed by atoms with E-state index in [1.54, 1.807) is 0 Å². The molecular weight excluding hydrogens is 188 g/mol. The lowest BCUT2D eigenvalue weighted by Gasteiger charge is -2.25. The molecule has 2 atom stereocenters. The number of carbonyl (C=O) groups excluding carboxylic acids is 1. The summed E-state index contributed by atoms with van der Waals surface area (Å²) in [7, 11) is 0. The van der Waals surface area contributed by atoms with E-state index in [0.29, 0.717) is 17.9 Å².